The van der Waals surface area contributed by atoms with Crippen molar-refractivity contribution in [2.45, 2.75) is 6.92 Å². The molecule has 0 fully saturated rings. The Morgan fingerprint density at radius 3 is 3.00 bits per heavy atom. The number of benzene rings is 1. The lowest BCUT2D eigenvalue weighted by molar-refractivity contribution is 0.102. The Labute approximate surface area is 127 Å². The van der Waals surface area contributed by atoms with Crippen LogP contribution in [-0.2, 0) is 0 Å². The molecule has 0 saturated heterocycles. The molecule has 0 aliphatic heterocycles. The van der Waals surface area contributed by atoms with Gasteiger partial charge >= 0.3 is 0 Å². The zero-order valence-corrected chi connectivity index (χ0v) is 13.1. The van der Waals surface area contributed by atoms with Gasteiger partial charge in [0, 0.05) is 10.4 Å². The summed E-state index contributed by atoms with van der Waals surface area (Å²) >= 11 is 10.7. The number of nitrogens with zero attached hydrogens (tertiary/aromatic N) is 1. The number of carbonyl (C=O) groups excluding carboxylic acids is 1. The molecular formula is C12H10BrClN2O2S. The normalized spacial score (nSPS) is 10.3. The molecule has 0 spiro atoms. The van der Waals surface area contributed by atoms with Crippen LogP contribution in [-0.4, -0.2) is 17.5 Å². The summed E-state index contributed by atoms with van der Waals surface area (Å²) in [4.78, 5) is 15.9. The summed E-state index contributed by atoms with van der Waals surface area (Å²) in [7, 11) is 0. The van der Waals surface area contributed by atoms with E-state index in [-0.39, 0.29) is 5.91 Å². The van der Waals surface area contributed by atoms with Crippen LogP contribution in [0.2, 0.25) is 5.02 Å². The maximum atomic E-state index is 12.0. The van der Waals surface area contributed by atoms with Crippen molar-refractivity contribution < 1.29 is 9.53 Å². The summed E-state index contributed by atoms with van der Waals surface area (Å²) in [6.07, 6.45) is 0. The molecule has 0 aliphatic rings. The van der Waals surface area contributed by atoms with Crippen molar-refractivity contribution in [2.75, 3.05) is 11.9 Å². The lowest BCUT2D eigenvalue weighted by Crippen LogP contribution is -2.13. The van der Waals surface area contributed by atoms with E-state index in [1.54, 1.807) is 23.0 Å². The molecule has 7 heteroatoms. The first-order valence-electron chi connectivity index (χ1n) is 5.43. The van der Waals surface area contributed by atoms with Crippen LogP contribution in [0.1, 0.15) is 17.4 Å². The van der Waals surface area contributed by atoms with Gasteiger partial charge in [0.1, 0.15) is 5.69 Å². The van der Waals surface area contributed by atoms with Gasteiger partial charge in [-0.2, -0.15) is 0 Å². The Kier molecular flexibility index (Phi) is 4.79. The second kappa shape index (κ2) is 6.36. The van der Waals surface area contributed by atoms with E-state index < -0.39 is 0 Å². The molecule has 2 rings (SSSR count). The van der Waals surface area contributed by atoms with E-state index in [1.807, 2.05) is 6.92 Å². The molecule has 1 aromatic heterocycles. The van der Waals surface area contributed by atoms with E-state index in [0.717, 1.165) is 0 Å². The van der Waals surface area contributed by atoms with Gasteiger partial charge in [0.2, 0.25) is 0 Å². The SMILES string of the molecule is CCOc1c(Br)cc(Cl)cc1NC(=O)c1cscn1. The van der Waals surface area contributed by atoms with Crippen molar-refractivity contribution in [1.29, 1.82) is 0 Å². The van der Waals surface area contributed by atoms with Gasteiger partial charge in [0.05, 0.1) is 22.3 Å². The fourth-order valence-electron chi connectivity index (χ4n) is 1.46. The van der Waals surface area contributed by atoms with E-state index in [9.17, 15) is 4.79 Å². The van der Waals surface area contributed by atoms with Crippen molar-refractivity contribution in [1.82, 2.24) is 4.98 Å². The van der Waals surface area contributed by atoms with Gasteiger partial charge in [-0.1, -0.05) is 11.6 Å². The predicted molar refractivity (Wildman–Crippen MR) is 80.4 cm³/mol. The smallest absolute Gasteiger partial charge is 0.275 e. The van der Waals surface area contributed by atoms with E-state index >= 15 is 0 Å². The molecule has 1 heterocycles. The number of hydrogen-bond donors (Lipinski definition) is 1. The molecule has 100 valence electrons. The minimum atomic E-state index is -0.295. The van der Waals surface area contributed by atoms with E-state index in [4.69, 9.17) is 16.3 Å². The number of rotatable bonds is 4. The van der Waals surface area contributed by atoms with E-state index in [1.165, 1.54) is 11.3 Å². The Morgan fingerprint density at radius 2 is 2.37 bits per heavy atom. The predicted octanol–water partition coefficient (Wildman–Crippen LogP) is 4.21. The summed E-state index contributed by atoms with van der Waals surface area (Å²) < 4.78 is 6.19. The zero-order chi connectivity index (χ0) is 13.8. The highest BCUT2D eigenvalue weighted by molar-refractivity contribution is 9.10. The summed E-state index contributed by atoms with van der Waals surface area (Å²) in [6.45, 7) is 2.35. The highest BCUT2D eigenvalue weighted by atomic mass is 79.9. The second-order valence-corrected chi connectivity index (χ2v) is 5.53. The highest BCUT2D eigenvalue weighted by Crippen LogP contribution is 2.36. The number of halogens is 2. The fraction of sp³-hybridized carbons (Fsp3) is 0.167. The third-order valence-corrected chi connectivity index (χ3v) is 3.60. The van der Waals surface area contributed by atoms with Crippen LogP contribution in [0.15, 0.2) is 27.5 Å². The molecule has 19 heavy (non-hydrogen) atoms. The summed E-state index contributed by atoms with van der Waals surface area (Å²) in [5, 5.41) is 4.92. The van der Waals surface area contributed by atoms with Crippen molar-refractivity contribution in [3.05, 3.63) is 38.2 Å². The number of anilines is 1. The molecular weight excluding hydrogens is 352 g/mol. The lowest BCUT2D eigenvalue weighted by atomic mass is 10.2. The van der Waals surface area contributed by atoms with Gasteiger partial charge in [-0.3, -0.25) is 4.79 Å². The minimum Gasteiger partial charge on any atom is -0.491 e. The molecule has 1 amide bonds. The van der Waals surface area contributed by atoms with Gasteiger partial charge in [-0.05, 0) is 35.0 Å². The number of amides is 1. The van der Waals surface area contributed by atoms with Gasteiger partial charge in [-0.15, -0.1) is 11.3 Å². The Hall–Kier alpha value is -1.11. The molecule has 0 atom stereocenters. The van der Waals surface area contributed by atoms with Crippen LogP contribution in [0.4, 0.5) is 5.69 Å². The zero-order valence-electron chi connectivity index (χ0n) is 9.94. The first kappa shape index (κ1) is 14.3. The number of hydrogen-bond acceptors (Lipinski definition) is 4. The number of aromatic nitrogens is 1. The van der Waals surface area contributed by atoms with Crippen LogP contribution in [0.25, 0.3) is 0 Å². The van der Waals surface area contributed by atoms with Gasteiger partial charge in [0.15, 0.2) is 5.75 Å². The Balaban J connectivity index is 2.30. The summed E-state index contributed by atoms with van der Waals surface area (Å²) in [5.41, 5.74) is 2.48. The van der Waals surface area contributed by atoms with Crippen molar-refractivity contribution in [3.63, 3.8) is 0 Å². The summed E-state index contributed by atoms with van der Waals surface area (Å²) in [6, 6.07) is 3.35. The van der Waals surface area contributed by atoms with Crippen LogP contribution < -0.4 is 10.1 Å². The number of ether oxygens (including phenoxy) is 1. The average molecular weight is 362 g/mol. The standard InChI is InChI=1S/C12H10BrClN2O2S/c1-2-18-11-8(13)3-7(14)4-9(11)16-12(17)10-5-19-6-15-10/h3-6H,2H2,1H3,(H,16,17). The van der Waals surface area contributed by atoms with Crippen molar-refractivity contribution in [2.24, 2.45) is 0 Å². The number of thiazole rings is 1. The van der Waals surface area contributed by atoms with Crippen LogP contribution >= 0.6 is 38.9 Å². The van der Waals surface area contributed by atoms with Crippen LogP contribution in [0, 0.1) is 0 Å². The van der Waals surface area contributed by atoms with Crippen LogP contribution in [0.3, 0.4) is 0 Å². The quantitative estimate of drug-likeness (QED) is 0.887. The first-order valence-corrected chi connectivity index (χ1v) is 7.54. The van der Waals surface area contributed by atoms with Gasteiger partial charge in [0.25, 0.3) is 5.91 Å². The highest BCUT2D eigenvalue weighted by Gasteiger charge is 2.15. The molecule has 0 saturated carbocycles. The lowest BCUT2D eigenvalue weighted by Gasteiger charge is -2.13. The molecule has 0 aliphatic carbocycles. The van der Waals surface area contributed by atoms with Crippen molar-refractivity contribution >= 4 is 50.5 Å². The number of carbonyl (C=O) groups is 1. The minimum absolute atomic E-state index is 0.295. The van der Waals surface area contributed by atoms with Crippen molar-refractivity contribution in [3.8, 4) is 5.75 Å². The first-order chi connectivity index (χ1) is 9.11. The molecule has 1 aromatic carbocycles. The van der Waals surface area contributed by atoms with Crippen LogP contribution in [0.5, 0.6) is 5.75 Å². The molecule has 4 nitrogen and oxygen atoms in total. The molecule has 0 radical (unpaired) electrons. The molecule has 1 N–H and O–H groups in total. The third kappa shape index (κ3) is 3.46. The maximum absolute atomic E-state index is 12.0. The van der Waals surface area contributed by atoms with Gasteiger partial charge in [-0.25, -0.2) is 4.98 Å². The number of nitrogens with one attached hydrogen (secondary N) is 1. The molecule has 0 bridgehead atoms. The average Bonchev–Trinajstić information content (AvgIpc) is 2.87. The van der Waals surface area contributed by atoms with E-state index in [2.05, 4.69) is 26.2 Å². The largest absolute Gasteiger partial charge is 0.491 e. The fourth-order valence-corrected chi connectivity index (χ4v) is 2.91. The monoisotopic (exact) mass is 360 g/mol. The second-order valence-electron chi connectivity index (χ2n) is 3.53. The summed E-state index contributed by atoms with van der Waals surface area (Å²) in [5.74, 6) is 0.256. The Morgan fingerprint density at radius 1 is 1.58 bits per heavy atom. The Bertz CT molecular complexity index is 590. The topological polar surface area (TPSA) is 51.2 Å². The maximum Gasteiger partial charge on any atom is 0.275 e. The van der Waals surface area contributed by atoms with Gasteiger partial charge < -0.3 is 10.1 Å². The third-order valence-electron chi connectivity index (χ3n) is 2.21. The molecule has 2 aromatic rings. The molecule has 0 unspecified atom stereocenters. The van der Waals surface area contributed by atoms with E-state index in [0.29, 0.717) is 33.2 Å².